The molecule has 0 radical (unpaired) electrons. The number of rotatable bonds is 8. The molecule has 0 aliphatic rings. The van der Waals surface area contributed by atoms with Crippen molar-refractivity contribution in [2.24, 2.45) is 0 Å². The lowest BCUT2D eigenvalue weighted by Gasteiger charge is -2.25. The van der Waals surface area contributed by atoms with Crippen LogP contribution in [0.3, 0.4) is 0 Å². The van der Waals surface area contributed by atoms with Gasteiger partial charge in [0.1, 0.15) is 0 Å². The smallest absolute Gasteiger partial charge is 0.0233 e. The average molecular weight is 313 g/mol. The van der Waals surface area contributed by atoms with Crippen LogP contribution in [0.1, 0.15) is 32.3 Å². The highest BCUT2D eigenvalue weighted by molar-refractivity contribution is 9.10. The molecule has 0 aromatic heterocycles. The third-order valence-electron chi connectivity index (χ3n) is 3.26. The molecule has 0 amide bonds. The summed E-state index contributed by atoms with van der Waals surface area (Å²) < 4.78 is 1.14. The van der Waals surface area contributed by atoms with Gasteiger partial charge in [0.05, 0.1) is 0 Å². The lowest BCUT2D eigenvalue weighted by atomic mass is 10.1. The quantitative estimate of drug-likeness (QED) is 0.737. The van der Waals surface area contributed by atoms with E-state index in [0.29, 0.717) is 6.04 Å². The van der Waals surface area contributed by atoms with Gasteiger partial charge in [-0.25, -0.2) is 0 Å². The van der Waals surface area contributed by atoms with Crippen molar-refractivity contribution in [1.82, 2.24) is 10.2 Å². The summed E-state index contributed by atoms with van der Waals surface area (Å²) in [6.07, 6.45) is 2.41. The minimum Gasteiger partial charge on any atom is -0.317 e. The van der Waals surface area contributed by atoms with E-state index in [2.05, 4.69) is 71.3 Å². The summed E-state index contributed by atoms with van der Waals surface area (Å²) in [5.41, 5.74) is 1.37. The summed E-state index contributed by atoms with van der Waals surface area (Å²) >= 11 is 3.47. The van der Waals surface area contributed by atoms with Crippen LogP contribution in [0, 0.1) is 0 Å². The summed E-state index contributed by atoms with van der Waals surface area (Å²) in [7, 11) is 2.20. The second kappa shape index (κ2) is 8.68. The molecule has 0 aliphatic heterocycles. The Labute approximate surface area is 120 Å². The summed E-state index contributed by atoms with van der Waals surface area (Å²) in [5.74, 6) is 0. The molecule has 3 heteroatoms. The Bertz CT molecular complexity index is 324. The van der Waals surface area contributed by atoms with Crippen molar-refractivity contribution in [3.8, 4) is 0 Å². The number of nitrogens with zero attached hydrogens (tertiary/aromatic N) is 1. The maximum Gasteiger partial charge on any atom is 0.0233 e. The molecule has 18 heavy (non-hydrogen) atoms. The maximum atomic E-state index is 3.47. The topological polar surface area (TPSA) is 15.3 Å². The highest BCUT2D eigenvalue weighted by atomic mass is 79.9. The predicted molar refractivity (Wildman–Crippen MR) is 82.8 cm³/mol. The molecular formula is C15H25BrN2. The van der Waals surface area contributed by atoms with Gasteiger partial charge in [-0.15, -0.1) is 0 Å². The number of hydrogen-bond acceptors (Lipinski definition) is 2. The molecule has 0 aliphatic carbocycles. The van der Waals surface area contributed by atoms with Crippen molar-refractivity contribution >= 4 is 15.9 Å². The zero-order valence-electron chi connectivity index (χ0n) is 11.7. The Hall–Kier alpha value is -0.380. The normalized spacial score (nSPS) is 12.9. The van der Waals surface area contributed by atoms with Crippen LogP contribution >= 0.6 is 15.9 Å². The first kappa shape index (κ1) is 15.7. The first-order chi connectivity index (χ1) is 8.63. The number of hydrogen-bond donors (Lipinski definition) is 1. The molecule has 0 saturated heterocycles. The second-order valence-electron chi connectivity index (χ2n) is 4.93. The SMILES string of the molecule is CCCNCCC(C)N(C)Cc1ccc(Br)cc1. The minimum atomic E-state index is 0.609. The summed E-state index contributed by atoms with van der Waals surface area (Å²) in [4.78, 5) is 2.41. The summed E-state index contributed by atoms with van der Waals surface area (Å²) in [5, 5.41) is 3.46. The molecule has 1 rings (SSSR count). The zero-order chi connectivity index (χ0) is 13.4. The Balaban J connectivity index is 2.30. The molecule has 102 valence electrons. The Kier molecular flexibility index (Phi) is 7.56. The van der Waals surface area contributed by atoms with Gasteiger partial charge < -0.3 is 5.32 Å². The molecule has 0 saturated carbocycles. The Morgan fingerprint density at radius 1 is 1.22 bits per heavy atom. The zero-order valence-corrected chi connectivity index (χ0v) is 13.3. The Morgan fingerprint density at radius 3 is 2.50 bits per heavy atom. The number of nitrogens with one attached hydrogen (secondary N) is 1. The van der Waals surface area contributed by atoms with Crippen molar-refractivity contribution in [2.45, 2.75) is 39.3 Å². The van der Waals surface area contributed by atoms with E-state index in [-0.39, 0.29) is 0 Å². The lowest BCUT2D eigenvalue weighted by Crippen LogP contribution is -2.32. The largest absolute Gasteiger partial charge is 0.317 e. The first-order valence-corrected chi connectivity index (χ1v) is 7.58. The summed E-state index contributed by atoms with van der Waals surface area (Å²) in [6.45, 7) is 7.76. The van der Waals surface area contributed by atoms with Crippen molar-refractivity contribution in [1.29, 1.82) is 0 Å². The van der Waals surface area contributed by atoms with Crippen molar-refractivity contribution in [2.75, 3.05) is 20.1 Å². The van der Waals surface area contributed by atoms with Gasteiger partial charge in [0.2, 0.25) is 0 Å². The third kappa shape index (κ3) is 5.98. The van der Waals surface area contributed by atoms with Crippen molar-refractivity contribution in [3.63, 3.8) is 0 Å². The number of benzene rings is 1. The number of halogens is 1. The van der Waals surface area contributed by atoms with Crippen LogP contribution in [0.4, 0.5) is 0 Å². The highest BCUT2D eigenvalue weighted by Crippen LogP contribution is 2.13. The van der Waals surface area contributed by atoms with E-state index in [1.807, 2.05) is 0 Å². The average Bonchev–Trinajstić information content (AvgIpc) is 2.37. The standard InChI is InChI=1S/C15H25BrN2/c1-4-10-17-11-9-13(2)18(3)12-14-5-7-15(16)8-6-14/h5-8,13,17H,4,9-12H2,1-3H3. The van der Waals surface area contributed by atoms with Gasteiger partial charge in [-0.2, -0.15) is 0 Å². The molecule has 0 spiro atoms. The van der Waals surface area contributed by atoms with E-state index in [1.54, 1.807) is 0 Å². The fourth-order valence-corrected chi connectivity index (χ4v) is 2.13. The van der Waals surface area contributed by atoms with E-state index in [1.165, 1.54) is 18.4 Å². The third-order valence-corrected chi connectivity index (χ3v) is 3.79. The van der Waals surface area contributed by atoms with E-state index in [0.717, 1.165) is 24.1 Å². The van der Waals surface area contributed by atoms with Crippen LogP contribution in [-0.4, -0.2) is 31.1 Å². The van der Waals surface area contributed by atoms with Crippen LogP contribution in [0.25, 0.3) is 0 Å². The molecule has 2 nitrogen and oxygen atoms in total. The van der Waals surface area contributed by atoms with E-state index in [9.17, 15) is 0 Å². The van der Waals surface area contributed by atoms with Gasteiger partial charge in [0.25, 0.3) is 0 Å². The van der Waals surface area contributed by atoms with Crippen LogP contribution in [-0.2, 0) is 6.54 Å². The van der Waals surface area contributed by atoms with Crippen LogP contribution in [0.15, 0.2) is 28.7 Å². The molecule has 1 unspecified atom stereocenters. The van der Waals surface area contributed by atoms with E-state index in [4.69, 9.17) is 0 Å². The van der Waals surface area contributed by atoms with Gasteiger partial charge >= 0.3 is 0 Å². The second-order valence-corrected chi connectivity index (χ2v) is 5.84. The Morgan fingerprint density at radius 2 is 1.89 bits per heavy atom. The van der Waals surface area contributed by atoms with E-state index >= 15 is 0 Å². The first-order valence-electron chi connectivity index (χ1n) is 6.79. The molecule has 0 bridgehead atoms. The minimum absolute atomic E-state index is 0.609. The molecule has 1 aromatic rings. The van der Waals surface area contributed by atoms with Crippen LogP contribution < -0.4 is 5.32 Å². The molecular weight excluding hydrogens is 288 g/mol. The van der Waals surface area contributed by atoms with Gasteiger partial charge in [0.15, 0.2) is 0 Å². The van der Waals surface area contributed by atoms with Crippen LogP contribution in [0.5, 0.6) is 0 Å². The fourth-order valence-electron chi connectivity index (χ4n) is 1.87. The van der Waals surface area contributed by atoms with E-state index < -0.39 is 0 Å². The van der Waals surface area contributed by atoms with Gasteiger partial charge in [-0.3, -0.25) is 4.90 Å². The highest BCUT2D eigenvalue weighted by Gasteiger charge is 2.08. The fraction of sp³-hybridized carbons (Fsp3) is 0.600. The molecule has 1 N–H and O–H groups in total. The predicted octanol–water partition coefficient (Wildman–Crippen LogP) is 3.66. The monoisotopic (exact) mass is 312 g/mol. The van der Waals surface area contributed by atoms with Crippen LogP contribution in [0.2, 0.25) is 0 Å². The maximum absolute atomic E-state index is 3.47. The molecule has 0 heterocycles. The van der Waals surface area contributed by atoms with Gasteiger partial charge in [-0.1, -0.05) is 35.0 Å². The molecule has 0 fully saturated rings. The molecule has 1 aromatic carbocycles. The van der Waals surface area contributed by atoms with Gasteiger partial charge in [0, 0.05) is 17.1 Å². The molecule has 1 atom stereocenters. The van der Waals surface area contributed by atoms with Crippen molar-refractivity contribution in [3.05, 3.63) is 34.3 Å². The van der Waals surface area contributed by atoms with Crippen molar-refractivity contribution < 1.29 is 0 Å². The summed E-state index contributed by atoms with van der Waals surface area (Å²) in [6, 6.07) is 9.19. The lowest BCUT2D eigenvalue weighted by molar-refractivity contribution is 0.236. The van der Waals surface area contributed by atoms with Gasteiger partial charge in [-0.05, 0) is 57.6 Å².